The standard InChI is InChI=1S/C19H15ClN4O2S/c20-16-11-22-24(13-16)12-14-4-1-7-17(10-14)23-27(25,26)18-8-2-5-15-6-3-9-21-19(15)18/h1-11,13,23H,12H2. The van der Waals surface area contributed by atoms with Crippen LogP contribution in [-0.2, 0) is 16.6 Å². The molecule has 0 unspecified atom stereocenters. The van der Waals surface area contributed by atoms with Crippen LogP contribution in [0.5, 0.6) is 0 Å². The summed E-state index contributed by atoms with van der Waals surface area (Å²) >= 11 is 5.88. The summed E-state index contributed by atoms with van der Waals surface area (Å²) in [7, 11) is -3.78. The summed E-state index contributed by atoms with van der Waals surface area (Å²) in [4.78, 5) is 4.36. The number of aromatic nitrogens is 3. The van der Waals surface area contributed by atoms with Gasteiger partial charge in [-0.05, 0) is 29.8 Å². The molecule has 2 heterocycles. The number of hydrogen-bond donors (Lipinski definition) is 1. The van der Waals surface area contributed by atoms with Gasteiger partial charge in [0.15, 0.2) is 0 Å². The Bertz CT molecular complexity index is 1220. The number of hydrogen-bond acceptors (Lipinski definition) is 4. The van der Waals surface area contributed by atoms with E-state index in [1.807, 2.05) is 18.2 Å². The predicted molar refractivity (Wildman–Crippen MR) is 105 cm³/mol. The summed E-state index contributed by atoms with van der Waals surface area (Å²) < 4.78 is 30.1. The van der Waals surface area contributed by atoms with Crippen LogP contribution in [0.3, 0.4) is 0 Å². The molecule has 0 saturated carbocycles. The number of rotatable bonds is 5. The third kappa shape index (κ3) is 3.79. The van der Waals surface area contributed by atoms with E-state index in [0.717, 1.165) is 10.9 Å². The van der Waals surface area contributed by atoms with E-state index in [9.17, 15) is 8.42 Å². The molecule has 0 atom stereocenters. The molecule has 136 valence electrons. The van der Waals surface area contributed by atoms with Crippen LogP contribution in [-0.4, -0.2) is 23.2 Å². The van der Waals surface area contributed by atoms with Gasteiger partial charge in [0.1, 0.15) is 4.90 Å². The Hall–Kier alpha value is -2.90. The van der Waals surface area contributed by atoms with Gasteiger partial charge in [0, 0.05) is 23.5 Å². The van der Waals surface area contributed by atoms with Crippen molar-refractivity contribution in [2.45, 2.75) is 11.4 Å². The Labute approximate surface area is 161 Å². The minimum atomic E-state index is -3.78. The molecule has 0 aliphatic carbocycles. The zero-order valence-electron chi connectivity index (χ0n) is 14.1. The Kier molecular flexibility index (Phi) is 4.55. The normalized spacial score (nSPS) is 11.6. The second-order valence-corrected chi connectivity index (χ2v) is 8.08. The Morgan fingerprint density at radius 3 is 2.70 bits per heavy atom. The van der Waals surface area contributed by atoms with Gasteiger partial charge < -0.3 is 0 Å². The van der Waals surface area contributed by atoms with E-state index in [-0.39, 0.29) is 4.90 Å². The molecule has 1 N–H and O–H groups in total. The van der Waals surface area contributed by atoms with E-state index in [2.05, 4.69) is 14.8 Å². The molecule has 2 aromatic heterocycles. The molecule has 4 rings (SSSR count). The van der Waals surface area contributed by atoms with Crippen molar-refractivity contribution in [3.05, 3.63) is 83.8 Å². The molecule has 0 aliphatic heterocycles. The maximum atomic E-state index is 12.9. The molecule has 6 nitrogen and oxygen atoms in total. The SMILES string of the molecule is O=S(=O)(Nc1cccc(Cn2cc(Cl)cn2)c1)c1cccc2cccnc12. The van der Waals surface area contributed by atoms with Gasteiger partial charge in [-0.25, -0.2) is 8.42 Å². The summed E-state index contributed by atoms with van der Waals surface area (Å²) in [5, 5.41) is 5.45. The van der Waals surface area contributed by atoms with Crippen molar-refractivity contribution in [1.82, 2.24) is 14.8 Å². The first-order valence-electron chi connectivity index (χ1n) is 8.15. The van der Waals surface area contributed by atoms with Gasteiger partial charge in [0.2, 0.25) is 0 Å². The van der Waals surface area contributed by atoms with Gasteiger partial charge in [-0.3, -0.25) is 14.4 Å². The highest BCUT2D eigenvalue weighted by atomic mass is 35.5. The lowest BCUT2D eigenvalue weighted by molar-refractivity contribution is 0.602. The van der Waals surface area contributed by atoms with Gasteiger partial charge in [-0.15, -0.1) is 0 Å². The minimum absolute atomic E-state index is 0.143. The minimum Gasteiger partial charge on any atom is -0.280 e. The van der Waals surface area contributed by atoms with E-state index >= 15 is 0 Å². The average molecular weight is 399 g/mol. The number of halogens is 1. The Morgan fingerprint density at radius 1 is 1.07 bits per heavy atom. The smallest absolute Gasteiger partial charge is 0.264 e. The predicted octanol–water partition coefficient (Wildman–Crippen LogP) is 3.93. The van der Waals surface area contributed by atoms with E-state index in [1.54, 1.807) is 59.7 Å². The van der Waals surface area contributed by atoms with E-state index in [4.69, 9.17) is 11.6 Å². The van der Waals surface area contributed by atoms with E-state index < -0.39 is 10.0 Å². The molecular formula is C19H15ClN4O2S. The molecule has 4 aromatic rings. The van der Waals surface area contributed by atoms with Gasteiger partial charge in [-0.2, -0.15) is 5.10 Å². The Balaban J connectivity index is 1.64. The fourth-order valence-electron chi connectivity index (χ4n) is 2.85. The fourth-order valence-corrected chi connectivity index (χ4v) is 4.23. The molecule has 27 heavy (non-hydrogen) atoms. The second-order valence-electron chi connectivity index (χ2n) is 5.99. The number of benzene rings is 2. The highest BCUT2D eigenvalue weighted by molar-refractivity contribution is 7.93. The van der Waals surface area contributed by atoms with Crippen LogP contribution in [0.4, 0.5) is 5.69 Å². The molecule has 2 aromatic carbocycles. The number of anilines is 1. The largest absolute Gasteiger partial charge is 0.280 e. The van der Waals surface area contributed by atoms with Crippen LogP contribution >= 0.6 is 11.6 Å². The first kappa shape index (κ1) is 17.5. The lowest BCUT2D eigenvalue weighted by Gasteiger charge is -2.11. The maximum absolute atomic E-state index is 12.9. The monoisotopic (exact) mass is 398 g/mol. The quantitative estimate of drug-likeness (QED) is 0.552. The molecular weight excluding hydrogens is 384 g/mol. The van der Waals surface area contributed by atoms with Crippen molar-refractivity contribution in [1.29, 1.82) is 0 Å². The van der Waals surface area contributed by atoms with Gasteiger partial charge in [0.25, 0.3) is 10.0 Å². The van der Waals surface area contributed by atoms with Crippen molar-refractivity contribution < 1.29 is 8.42 Å². The van der Waals surface area contributed by atoms with Gasteiger partial charge >= 0.3 is 0 Å². The van der Waals surface area contributed by atoms with Crippen LogP contribution in [0.1, 0.15) is 5.56 Å². The number of pyridine rings is 1. The van der Waals surface area contributed by atoms with E-state index in [1.165, 1.54) is 0 Å². The number of nitrogens with one attached hydrogen (secondary N) is 1. The summed E-state index contributed by atoms with van der Waals surface area (Å²) in [5.74, 6) is 0. The summed E-state index contributed by atoms with van der Waals surface area (Å²) in [6.07, 6.45) is 4.85. The molecule has 0 fully saturated rings. The number of nitrogens with zero attached hydrogens (tertiary/aromatic N) is 3. The number of fused-ring (bicyclic) bond motifs is 1. The van der Waals surface area contributed by atoms with Crippen LogP contribution in [0.25, 0.3) is 10.9 Å². The van der Waals surface area contributed by atoms with Gasteiger partial charge in [0.05, 0.1) is 23.3 Å². The molecule has 0 bridgehead atoms. The zero-order valence-corrected chi connectivity index (χ0v) is 15.7. The molecule has 0 spiro atoms. The highest BCUT2D eigenvalue weighted by Crippen LogP contribution is 2.23. The van der Waals surface area contributed by atoms with Crippen molar-refractivity contribution in [2.24, 2.45) is 0 Å². The number of sulfonamides is 1. The molecule has 0 aliphatic rings. The van der Waals surface area contributed by atoms with Crippen LogP contribution in [0.2, 0.25) is 5.02 Å². The Morgan fingerprint density at radius 2 is 1.89 bits per heavy atom. The molecule has 0 saturated heterocycles. The third-order valence-electron chi connectivity index (χ3n) is 4.01. The van der Waals surface area contributed by atoms with E-state index in [0.29, 0.717) is 22.8 Å². The molecule has 0 radical (unpaired) electrons. The second kappa shape index (κ2) is 7.02. The van der Waals surface area contributed by atoms with Crippen molar-refractivity contribution >= 4 is 38.2 Å². The van der Waals surface area contributed by atoms with Crippen LogP contribution < -0.4 is 4.72 Å². The third-order valence-corrected chi connectivity index (χ3v) is 5.62. The van der Waals surface area contributed by atoms with Crippen molar-refractivity contribution in [3.63, 3.8) is 0 Å². The molecule has 8 heteroatoms. The molecule has 0 amide bonds. The van der Waals surface area contributed by atoms with Gasteiger partial charge in [-0.1, -0.05) is 41.9 Å². The highest BCUT2D eigenvalue weighted by Gasteiger charge is 2.18. The van der Waals surface area contributed by atoms with Crippen LogP contribution in [0, 0.1) is 0 Å². The lowest BCUT2D eigenvalue weighted by atomic mass is 10.2. The summed E-state index contributed by atoms with van der Waals surface area (Å²) in [6.45, 7) is 0.484. The maximum Gasteiger partial charge on any atom is 0.264 e. The lowest BCUT2D eigenvalue weighted by Crippen LogP contribution is -2.14. The topological polar surface area (TPSA) is 76.9 Å². The summed E-state index contributed by atoms with van der Waals surface area (Å²) in [6, 6.07) is 15.9. The summed E-state index contributed by atoms with van der Waals surface area (Å²) in [5.41, 5.74) is 1.81. The number of para-hydroxylation sites is 1. The first-order valence-corrected chi connectivity index (χ1v) is 10.0. The van der Waals surface area contributed by atoms with Crippen LogP contribution in [0.15, 0.2) is 78.1 Å². The van der Waals surface area contributed by atoms with Crippen molar-refractivity contribution in [2.75, 3.05) is 4.72 Å². The fraction of sp³-hybridized carbons (Fsp3) is 0.0526. The first-order chi connectivity index (χ1) is 13.0. The van der Waals surface area contributed by atoms with Crippen molar-refractivity contribution in [3.8, 4) is 0 Å². The average Bonchev–Trinajstić information content (AvgIpc) is 3.06. The zero-order chi connectivity index (χ0) is 18.9.